The maximum absolute atomic E-state index is 12.4. The molecule has 0 fully saturated rings. The van der Waals surface area contributed by atoms with Gasteiger partial charge in [0.1, 0.15) is 0 Å². The van der Waals surface area contributed by atoms with Gasteiger partial charge in [0.05, 0.1) is 11.3 Å². The van der Waals surface area contributed by atoms with Crippen molar-refractivity contribution in [1.82, 2.24) is 4.31 Å². The summed E-state index contributed by atoms with van der Waals surface area (Å²) < 4.78 is 25.7. The molecule has 1 aliphatic heterocycles. The number of carbonyl (C=O) groups is 1. The van der Waals surface area contributed by atoms with Crippen LogP contribution in [0.4, 0.5) is 0 Å². The van der Waals surface area contributed by atoms with Crippen molar-refractivity contribution in [3.05, 3.63) is 42.0 Å². The molecule has 3 rings (SSSR count). The Morgan fingerprint density at radius 2 is 1.79 bits per heavy atom. The number of carbonyl (C=O) groups excluding carboxylic acids is 1. The highest BCUT2D eigenvalue weighted by molar-refractivity contribution is 7.89. The van der Waals surface area contributed by atoms with E-state index in [0.717, 1.165) is 15.1 Å². The lowest BCUT2D eigenvalue weighted by Crippen LogP contribution is -2.41. The maximum atomic E-state index is 12.4. The van der Waals surface area contributed by atoms with E-state index in [4.69, 9.17) is 0 Å². The Hall–Kier alpha value is -1.88. The van der Waals surface area contributed by atoms with Crippen LogP contribution in [0.25, 0.3) is 10.8 Å². The van der Waals surface area contributed by atoms with Crippen LogP contribution >= 0.6 is 0 Å². The SMILES string of the molecule is CCN1C(=O)Cc2cc3ccccc3cc2S1(=O)=O. The highest BCUT2D eigenvalue weighted by Crippen LogP contribution is 2.30. The van der Waals surface area contributed by atoms with Gasteiger partial charge in [-0.05, 0) is 35.4 Å². The lowest BCUT2D eigenvalue weighted by molar-refractivity contribution is -0.126. The fourth-order valence-corrected chi connectivity index (χ4v) is 4.14. The molecule has 2 aromatic carbocycles. The van der Waals surface area contributed by atoms with Crippen LogP contribution in [-0.4, -0.2) is 25.2 Å². The number of nitrogens with zero attached hydrogens (tertiary/aromatic N) is 1. The third-order valence-electron chi connectivity index (χ3n) is 3.40. The number of likely N-dealkylation sites (N-methyl/N-ethyl adjacent to an activating group) is 1. The summed E-state index contributed by atoms with van der Waals surface area (Å²) in [6.07, 6.45) is 0.146. The van der Waals surface area contributed by atoms with E-state index in [9.17, 15) is 13.2 Å². The summed E-state index contributed by atoms with van der Waals surface area (Å²) in [5.74, 6) is -0.356. The summed E-state index contributed by atoms with van der Waals surface area (Å²) in [4.78, 5) is 12.1. The zero-order valence-corrected chi connectivity index (χ0v) is 11.3. The van der Waals surface area contributed by atoms with Crippen LogP contribution in [0, 0.1) is 0 Å². The molecule has 0 atom stereocenters. The monoisotopic (exact) mass is 275 g/mol. The molecule has 4 nitrogen and oxygen atoms in total. The van der Waals surface area contributed by atoms with Crippen molar-refractivity contribution in [2.45, 2.75) is 18.2 Å². The number of sulfonamides is 1. The predicted molar refractivity (Wildman–Crippen MR) is 72.2 cm³/mol. The Kier molecular flexibility index (Phi) is 2.60. The fraction of sp³-hybridized carbons (Fsp3) is 0.214. The molecule has 0 unspecified atom stereocenters. The molecule has 0 spiro atoms. The lowest BCUT2D eigenvalue weighted by Gasteiger charge is -2.27. The summed E-state index contributed by atoms with van der Waals surface area (Å²) in [6.45, 7) is 1.84. The summed E-state index contributed by atoms with van der Waals surface area (Å²) in [7, 11) is -3.69. The second-order valence-corrected chi connectivity index (χ2v) is 6.38. The topological polar surface area (TPSA) is 54.5 Å². The molecule has 0 radical (unpaired) electrons. The zero-order valence-electron chi connectivity index (χ0n) is 10.5. The van der Waals surface area contributed by atoms with Crippen molar-refractivity contribution in [1.29, 1.82) is 0 Å². The van der Waals surface area contributed by atoms with Crippen LogP contribution in [0.5, 0.6) is 0 Å². The van der Waals surface area contributed by atoms with E-state index >= 15 is 0 Å². The van der Waals surface area contributed by atoms with Crippen molar-refractivity contribution >= 4 is 26.7 Å². The third-order valence-corrected chi connectivity index (χ3v) is 5.38. The zero-order chi connectivity index (χ0) is 13.6. The normalized spacial score (nSPS) is 17.5. The van der Waals surface area contributed by atoms with Gasteiger partial charge in [0.25, 0.3) is 10.0 Å². The smallest absolute Gasteiger partial charge is 0.266 e. The molecular weight excluding hydrogens is 262 g/mol. The predicted octanol–water partition coefficient (Wildman–Crippen LogP) is 1.93. The Labute approximate surface area is 111 Å². The molecule has 0 aliphatic carbocycles. The van der Waals surface area contributed by atoms with Crippen LogP contribution in [0.3, 0.4) is 0 Å². The summed E-state index contributed by atoms with van der Waals surface area (Å²) in [5, 5.41) is 1.82. The standard InChI is InChI=1S/C14H13NO3S/c1-2-15-14(16)9-12-7-10-5-3-4-6-11(10)8-13(12)19(15,17)18/h3-8H,2,9H2,1H3. The second kappa shape index (κ2) is 4.06. The first-order chi connectivity index (χ1) is 9.04. The van der Waals surface area contributed by atoms with Crippen LogP contribution in [0.15, 0.2) is 41.3 Å². The lowest BCUT2D eigenvalue weighted by atomic mass is 10.0. The number of hydrogen-bond donors (Lipinski definition) is 0. The van der Waals surface area contributed by atoms with E-state index in [-0.39, 0.29) is 23.8 Å². The first kappa shape index (κ1) is 12.2. The van der Waals surface area contributed by atoms with Gasteiger partial charge >= 0.3 is 0 Å². The van der Waals surface area contributed by atoms with Crippen LogP contribution in [0.1, 0.15) is 12.5 Å². The molecule has 1 heterocycles. The molecule has 0 saturated carbocycles. The van der Waals surface area contributed by atoms with E-state index in [1.165, 1.54) is 0 Å². The molecule has 2 aromatic rings. The van der Waals surface area contributed by atoms with Crippen molar-refractivity contribution in [2.24, 2.45) is 0 Å². The molecule has 0 aromatic heterocycles. The van der Waals surface area contributed by atoms with E-state index in [1.54, 1.807) is 19.1 Å². The Morgan fingerprint density at radius 3 is 2.42 bits per heavy atom. The van der Waals surface area contributed by atoms with Crippen molar-refractivity contribution in [3.8, 4) is 0 Å². The molecule has 0 bridgehead atoms. The molecule has 5 heteroatoms. The highest BCUT2D eigenvalue weighted by Gasteiger charge is 2.35. The largest absolute Gasteiger partial charge is 0.273 e. The average Bonchev–Trinajstić information content (AvgIpc) is 2.37. The highest BCUT2D eigenvalue weighted by atomic mass is 32.2. The minimum atomic E-state index is -3.69. The Bertz CT molecular complexity index is 780. The molecule has 1 aliphatic rings. The number of benzene rings is 2. The van der Waals surface area contributed by atoms with Crippen LogP contribution in [-0.2, 0) is 21.2 Å². The fourth-order valence-electron chi connectivity index (χ4n) is 2.50. The van der Waals surface area contributed by atoms with Gasteiger partial charge in [-0.2, -0.15) is 0 Å². The van der Waals surface area contributed by atoms with E-state index in [1.807, 2.05) is 24.3 Å². The van der Waals surface area contributed by atoms with E-state index in [2.05, 4.69) is 0 Å². The molecule has 0 N–H and O–H groups in total. The number of amides is 1. The van der Waals surface area contributed by atoms with Gasteiger partial charge in [0.2, 0.25) is 5.91 Å². The van der Waals surface area contributed by atoms with Crippen LogP contribution in [0.2, 0.25) is 0 Å². The number of rotatable bonds is 1. The number of fused-ring (bicyclic) bond motifs is 2. The van der Waals surface area contributed by atoms with Crippen LogP contribution < -0.4 is 0 Å². The van der Waals surface area contributed by atoms with Gasteiger partial charge < -0.3 is 0 Å². The van der Waals surface area contributed by atoms with Crippen molar-refractivity contribution in [3.63, 3.8) is 0 Å². The average molecular weight is 275 g/mol. The van der Waals surface area contributed by atoms with Gasteiger partial charge in [0, 0.05) is 6.54 Å². The van der Waals surface area contributed by atoms with Gasteiger partial charge in [-0.3, -0.25) is 4.79 Å². The van der Waals surface area contributed by atoms with E-state index in [0.29, 0.717) is 5.56 Å². The molecular formula is C14H13NO3S. The van der Waals surface area contributed by atoms with Gasteiger partial charge in [-0.1, -0.05) is 24.3 Å². The molecule has 0 saturated heterocycles. The maximum Gasteiger partial charge on any atom is 0.266 e. The van der Waals surface area contributed by atoms with Gasteiger partial charge in [0.15, 0.2) is 0 Å². The minimum Gasteiger partial charge on any atom is -0.273 e. The van der Waals surface area contributed by atoms with E-state index < -0.39 is 10.0 Å². The third kappa shape index (κ3) is 1.73. The number of hydrogen-bond acceptors (Lipinski definition) is 3. The summed E-state index contributed by atoms with van der Waals surface area (Å²) >= 11 is 0. The molecule has 19 heavy (non-hydrogen) atoms. The quantitative estimate of drug-likeness (QED) is 0.799. The first-order valence-corrected chi connectivity index (χ1v) is 7.55. The van der Waals surface area contributed by atoms with Gasteiger partial charge in [-0.25, -0.2) is 12.7 Å². The minimum absolute atomic E-state index is 0.146. The first-order valence-electron chi connectivity index (χ1n) is 6.11. The Morgan fingerprint density at radius 1 is 1.16 bits per heavy atom. The summed E-state index contributed by atoms with van der Waals surface area (Å²) in [6, 6.07) is 11.0. The summed E-state index contributed by atoms with van der Waals surface area (Å²) in [5.41, 5.74) is 0.591. The molecule has 1 amide bonds. The van der Waals surface area contributed by atoms with Gasteiger partial charge in [-0.15, -0.1) is 0 Å². The second-order valence-electron chi connectivity index (χ2n) is 4.55. The Balaban J connectivity index is 2.33. The van der Waals surface area contributed by atoms with Crippen molar-refractivity contribution < 1.29 is 13.2 Å². The molecule has 98 valence electrons. The van der Waals surface area contributed by atoms with Crippen molar-refractivity contribution in [2.75, 3.05) is 6.54 Å².